The maximum atomic E-state index is 12.3. The molecule has 2 N–H and O–H groups in total. The van der Waals surface area contributed by atoms with Crippen LogP contribution in [0.2, 0.25) is 0 Å². The predicted octanol–water partition coefficient (Wildman–Crippen LogP) is 2.04. The zero-order valence-corrected chi connectivity index (χ0v) is 13.4. The van der Waals surface area contributed by atoms with E-state index in [9.17, 15) is 18.3 Å². The van der Waals surface area contributed by atoms with Crippen LogP contribution in [0.1, 0.15) is 46.1 Å². The number of sulfone groups is 1. The predicted molar refractivity (Wildman–Crippen MR) is 83.4 cm³/mol. The van der Waals surface area contributed by atoms with Crippen LogP contribution >= 0.6 is 0 Å². The van der Waals surface area contributed by atoms with Gasteiger partial charge in [0.2, 0.25) is 0 Å². The van der Waals surface area contributed by atoms with Gasteiger partial charge in [0.1, 0.15) is 5.60 Å². The van der Waals surface area contributed by atoms with Gasteiger partial charge in [-0.3, -0.25) is 0 Å². The molecule has 0 aliphatic carbocycles. The van der Waals surface area contributed by atoms with Crippen LogP contribution in [0.3, 0.4) is 0 Å². The van der Waals surface area contributed by atoms with E-state index in [4.69, 9.17) is 11.6 Å². The van der Waals surface area contributed by atoms with Crippen molar-refractivity contribution < 1.29 is 29.9 Å². The summed E-state index contributed by atoms with van der Waals surface area (Å²) < 4.78 is 66.0. The molecule has 1 amide bonds. The van der Waals surface area contributed by atoms with Crippen molar-refractivity contribution >= 4 is 15.9 Å². The Hall–Kier alpha value is -1.60. The fourth-order valence-electron chi connectivity index (χ4n) is 1.62. The first-order chi connectivity index (χ1) is 12.0. The van der Waals surface area contributed by atoms with Gasteiger partial charge in [0.25, 0.3) is 0 Å². The number of ether oxygens (including phenoxy) is 1. The molecular formula is C15H23NO5S. The lowest BCUT2D eigenvalue weighted by molar-refractivity contribution is 0.0482. The normalized spacial score (nSPS) is 18.1. The molecule has 1 unspecified atom stereocenters. The molecule has 1 rings (SSSR count). The van der Waals surface area contributed by atoms with Gasteiger partial charge in [0, 0.05) is 6.85 Å². The maximum Gasteiger partial charge on any atom is 0.408 e. The zero-order valence-electron chi connectivity index (χ0n) is 17.6. The number of carbonyl (C=O) groups excluding carboxylic acids is 1. The summed E-state index contributed by atoms with van der Waals surface area (Å²) in [6.45, 7) is 1.13. The van der Waals surface area contributed by atoms with Crippen LogP contribution in [0.5, 0.6) is 0 Å². The SMILES string of the molecule is [2H]C([2H])([2H])C([2H])([2H])S(=O)(=O)c1ccc(C(CO)NC(=O)OC(C)(C)C)cc1. The Bertz CT molecular complexity index is 769. The van der Waals surface area contributed by atoms with E-state index in [0.717, 1.165) is 12.1 Å². The fourth-order valence-corrected chi connectivity index (χ4v) is 2.23. The number of benzene rings is 1. The van der Waals surface area contributed by atoms with Gasteiger partial charge in [-0.25, -0.2) is 13.2 Å². The molecule has 124 valence electrons. The van der Waals surface area contributed by atoms with E-state index < -0.39 is 51.6 Å². The second-order valence-electron chi connectivity index (χ2n) is 5.56. The van der Waals surface area contributed by atoms with E-state index in [1.165, 1.54) is 12.1 Å². The van der Waals surface area contributed by atoms with Gasteiger partial charge in [-0.1, -0.05) is 19.0 Å². The third kappa shape index (κ3) is 5.31. The number of rotatable bonds is 5. The molecular weight excluding hydrogens is 306 g/mol. The molecule has 7 heteroatoms. The monoisotopic (exact) mass is 334 g/mol. The minimum absolute atomic E-state index is 0.330. The van der Waals surface area contributed by atoms with Crippen molar-refractivity contribution in [3.63, 3.8) is 0 Å². The molecule has 22 heavy (non-hydrogen) atoms. The van der Waals surface area contributed by atoms with Crippen molar-refractivity contribution in [2.24, 2.45) is 0 Å². The standard InChI is InChI=1S/C15H23NO5S/c1-5-22(19,20)12-8-6-11(7-9-12)13(10-17)16-14(18)21-15(2,3)4/h6-9,13,17H,5,10H2,1-4H3,(H,16,18)/i1D3,5D2. The largest absolute Gasteiger partial charge is 0.444 e. The van der Waals surface area contributed by atoms with E-state index in [0.29, 0.717) is 5.56 Å². The number of hydrogen-bond acceptors (Lipinski definition) is 5. The average Bonchev–Trinajstić information content (AvgIpc) is 2.49. The van der Waals surface area contributed by atoms with E-state index in [1.807, 2.05) is 0 Å². The first-order valence-electron chi connectivity index (χ1n) is 8.98. The number of nitrogens with one attached hydrogen (secondary N) is 1. The van der Waals surface area contributed by atoms with Crippen molar-refractivity contribution in [1.29, 1.82) is 0 Å². The van der Waals surface area contributed by atoms with Gasteiger partial charge in [-0.15, -0.1) is 0 Å². The number of amides is 1. The quantitative estimate of drug-likeness (QED) is 0.859. The van der Waals surface area contributed by atoms with Crippen molar-refractivity contribution in [2.75, 3.05) is 12.3 Å². The number of hydrogen-bond donors (Lipinski definition) is 2. The van der Waals surface area contributed by atoms with Crippen LogP contribution in [0, 0.1) is 0 Å². The molecule has 1 atom stereocenters. The lowest BCUT2D eigenvalue weighted by atomic mass is 10.1. The summed E-state index contributed by atoms with van der Waals surface area (Å²) >= 11 is 0. The molecule has 1 aromatic rings. The van der Waals surface area contributed by atoms with Crippen molar-refractivity contribution in [1.82, 2.24) is 5.32 Å². The van der Waals surface area contributed by atoms with Crippen LogP contribution in [-0.2, 0) is 14.6 Å². The molecule has 0 bridgehead atoms. The molecule has 0 spiro atoms. The van der Waals surface area contributed by atoms with Crippen molar-refractivity contribution in [2.45, 2.75) is 44.2 Å². The summed E-state index contributed by atoms with van der Waals surface area (Å²) in [5.74, 6) is 0. The van der Waals surface area contributed by atoms with Crippen molar-refractivity contribution in [3.05, 3.63) is 29.8 Å². The third-order valence-corrected chi connectivity index (χ3v) is 3.76. The van der Waals surface area contributed by atoms with Crippen molar-refractivity contribution in [3.8, 4) is 0 Å². The van der Waals surface area contributed by atoms with Crippen LogP contribution in [0.25, 0.3) is 0 Å². The Labute approximate surface area is 138 Å². The highest BCUT2D eigenvalue weighted by atomic mass is 32.2. The summed E-state index contributed by atoms with van der Waals surface area (Å²) in [7, 11) is -4.80. The molecule has 0 fully saturated rings. The third-order valence-electron chi connectivity index (χ3n) is 2.60. The second-order valence-corrected chi connectivity index (χ2v) is 7.24. The number of aliphatic hydroxyl groups excluding tert-OH is 1. The second kappa shape index (κ2) is 7.11. The number of alkyl carbamates (subject to hydrolysis) is 1. The summed E-state index contributed by atoms with van der Waals surface area (Å²) in [4.78, 5) is 11.3. The molecule has 0 heterocycles. The molecule has 0 aromatic heterocycles. The number of aliphatic hydroxyl groups is 1. The summed E-state index contributed by atoms with van der Waals surface area (Å²) in [5, 5.41) is 11.9. The minimum Gasteiger partial charge on any atom is -0.444 e. The minimum atomic E-state index is -4.80. The van der Waals surface area contributed by atoms with Crippen LogP contribution in [0.15, 0.2) is 29.2 Å². The summed E-state index contributed by atoms with van der Waals surface area (Å²) in [5.41, 5.74) is -3.88. The Morgan fingerprint density at radius 3 is 2.45 bits per heavy atom. The van der Waals surface area contributed by atoms with E-state index in [-0.39, 0.29) is 0 Å². The Kier molecular flexibility index (Phi) is 3.84. The van der Waals surface area contributed by atoms with Crippen LogP contribution < -0.4 is 5.32 Å². The topological polar surface area (TPSA) is 92.7 Å². The van der Waals surface area contributed by atoms with E-state index in [1.54, 1.807) is 20.8 Å². The highest BCUT2D eigenvalue weighted by molar-refractivity contribution is 7.91. The molecule has 0 saturated carbocycles. The highest BCUT2D eigenvalue weighted by Crippen LogP contribution is 2.18. The first-order valence-corrected chi connectivity index (χ1v) is 7.96. The maximum absolute atomic E-state index is 12.3. The summed E-state index contributed by atoms with van der Waals surface area (Å²) in [6, 6.07) is 3.65. The molecule has 1 aromatic carbocycles. The van der Waals surface area contributed by atoms with Crippen LogP contribution in [-0.4, -0.2) is 37.5 Å². The smallest absolute Gasteiger partial charge is 0.408 e. The Balaban J connectivity index is 3.08. The number of carbonyl (C=O) groups is 1. The fraction of sp³-hybridized carbons (Fsp3) is 0.533. The molecule has 0 aliphatic rings. The lowest BCUT2D eigenvalue weighted by Gasteiger charge is -2.23. The van der Waals surface area contributed by atoms with Gasteiger partial charge in [0.05, 0.1) is 23.2 Å². The molecule has 0 saturated heterocycles. The summed E-state index contributed by atoms with van der Waals surface area (Å²) in [6.07, 6.45) is -0.781. The van der Waals surface area contributed by atoms with Gasteiger partial charge in [-0.05, 0) is 38.5 Å². The van der Waals surface area contributed by atoms with E-state index in [2.05, 4.69) is 5.32 Å². The van der Waals surface area contributed by atoms with Gasteiger partial charge >= 0.3 is 6.09 Å². The lowest BCUT2D eigenvalue weighted by Crippen LogP contribution is -2.36. The molecule has 0 radical (unpaired) electrons. The highest BCUT2D eigenvalue weighted by Gasteiger charge is 2.20. The van der Waals surface area contributed by atoms with Gasteiger partial charge in [0.15, 0.2) is 9.84 Å². The van der Waals surface area contributed by atoms with Gasteiger partial charge in [-0.2, -0.15) is 0 Å². The molecule has 6 nitrogen and oxygen atoms in total. The first kappa shape index (κ1) is 11.9. The van der Waals surface area contributed by atoms with E-state index >= 15 is 0 Å². The average molecular weight is 334 g/mol. The Morgan fingerprint density at radius 2 is 2.00 bits per heavy atom. The zero-order chi connectivity index (χ0) is 21.3. The van der Waals surface area contributed by atoms with Gasteiger partial charge < -0.3 is 15.2 Å². The molecule has 0 aliphatic heterocycles. The Morgan fingerprint density at radius 1 is 1.41 bits per heavy atom. The van der Waals surface area contributed by atoms with Crippen LogP contribution in [0.4, 0.5) is 4.79 Å².